The van der Waals surface area contributed by atoms with Gasteiger partial charge in [0.25, 0.3) is 5.91 Å². The largest absolute Gasteiger partial charge is 0.339 e. The van der Waals surface area contributed by atoms with Gasteiger partial charge < -0.3 is 10.3 Å². The van der Waals surface area contributed by atoms with E-state index in [1.807, 2.05) is 12.1 Å². The summed E-state index contributed by atoms with van der Waals surface area (Å²) in [4.78, 5) is 20.5. The molecule has 1 atom stereocenters. The molecule has 1 aromatic carbocycles. The number of nitrogens with one attached hydrogen (secondary N) is 2. The number of anilines is 2. The standard InChI is InChI=1S/C11H9ClN4OS/c12-6-2-1-3-7(4-6)16-9-8(13-5-14-9)10(17)15-11(16)18/h1-5,11,18H,(H,13,14)(H,15,17). The van der Waals surface area contributed by atoms with Gasteiger partial charge in [-0.3, -0.25) is 9.69 Å². The predicted molar refractivity (Wildman–Crippen MR) is 72.4 cm³/mol. The van der Waals surface area contributed by atoms with Gasteiger partial charge in [-0.1, -0.05) is 17.7 Å². The highest BCUT2D eigenvalue weighted by atomic mass is 35.5. The van der Waals surface area contributed by atoms with E-state index >= 15 is 0 Å². The molecule has 0 radical (unpaired) electrons. The number of benzene rings is 1. The zero-order valence-electron chi connectivity index (χ0n) is 9.09. The van der Waals surface area contributed by atoms with Crippen LogP contribution in [0, 0.1) is 0 Å². The number of amides is 1. The van der Waals surface area contributed by atoms with Gasteiger partial charge in [-0.2, -0.15) is 0 Å². The molecule has 7 heteroatoms. The quantitative estimate of drug-likeness (QED) is 0.702. The van der Waals surface area contributed by atoms with Crippen LogP contribution in [-0.2, 0) is 0 Å². The van der Waals surface area contributed by atoms with Gasteiger partial charge in [0.15, 0.2) is 11.3 Å². The van der Waals surface area contributed by atoms with Crippen molar-refractivity contribution in [3.63, 3.8) is 0 Å². The summed E-state index contributed by atoms with van der Waals surface area (Å²) in [6, 6.07) is 7.29. The van der Waals surface area contributed by atoms with Crippen molar-refractivity contribution in [3.8, 4) is 0 Å². The molecule has 0 aliphatic carbocycles. The zero-order chi connectivity index (χ0) is 12.7. The number of rotatable bonds is 1. The van der Waals surface area contributed by atoms with Crippen molar-refractivity contribution < 1.29 is 4.79 Å². The monoisotopic (exact) mass is 280 g/mol. The Balaban J connectivity index is 2.12. The Labute approximate surface area is 114 Å². The third kappa shape index (κ3) is 1.74. The lowest BCUT2D eigenvalue weighted by molar-refractivity contribution is 0.0940. The molecule has 2 aromatic rings. The molecule has 0 fully saturated rings. The number of hydrogen-bond acceptors (Lipinski definition) is 4. The zero-order valence-corrected chi connectivity index (χ0v) is 10.7. The fourth-order valence-electron chi connectivity index (χ4n) is 1.90. The third-order valence-corrected chi connectivity index (χ3v) is 3.26. The number of aromatic nitrogens is 2. The van der Waals surface area contributed by atoms with E-state index in [1.165, 1.54) is 6.33 Å². The molecule has 0 spiro atoms. The Bertz CT molecular complexity index is 615. The molecule has 0 saturated heterocycles. The Morgan fingerprint density at radius 1 is 1.44 bits per heavy atom. The Hall–Kier alpha value is -1.66. The molecular formula is C11H9ClN4OS. The minimum atomic E-state index is -0.480. The number of carbonyl (C=O) groups excluding carboxylic acids is 1. The van der Waals surface area contributed by atoms with E-state index in [1.54, 1.807) is 17.0 Å². The highest BCUT2D eigenvalue weighted by molar-refractivity contribution is 7.81. The fourth-order valence-corrected chi connectivity index (χ4v) is 2.44. The molecule has 1 unspecified atom stereocenters. The second-order valence-electron chi connectivity index (χ2n) is 3.80. The van der Waals surface area contributed by atoms with Crippen molar-refractivity contribution in [2.24, 2.45) is 0 Å². The highest BCUT2D eigenvalue weighted by Crippen LogP contribution is 2.33. The van der Waals surface area contributed by atoms with E-state index in [-0.39, 0.29) is 5.91 Å². The maximum Gasteiger partial charge on any atom is 0.273 e. The highest BCUT2D eigenvalue weighted by Gasteiger charge is 2.32. The lowest BCUT2D eigenvalue weighted by atomic mass is 10.2. The molecule has 1 aromatic heterocycles. The van der Waals surface area contributed by atoms with E-state index < -0.39 is 5.50 Å². The first kappa shape index (κ1) is 11.4. The first-order chi connectivity index (χ1) is 8.66. The SMILES string of the molecule is O=C1NC(S)N(c2cccc(Cl)c2)c2nc[nH]c21. The number of fused-ring (bicyclic) bond motifs is 1. The molecule has 2 heterocycles. The van der Waals surface area contributed by atoms with E-state index in [0.29, 0.717) is 16.5 Å². The minimum Gasteiger partial charge on any atom is -0.339 e. The summed E-state index contributed by atoms with van der Waals surface area (Å²) >= 11 is 10.3. The number of hydrogen-bond donors (Lipinski definition) is 3. The number of carbonyl (C=O) groups is 1. The van der Waals surface area contributed by atoms with Crippen molar-refractivity contribution >= 4 is 41.6 Å². The summed E-state index contributed by atoms with van der Waals surface area (Å²) < 4.78 is 0. The molecule has 1 amide bonds. The number of thiol groups is 1. The van der Waals surface area contributed by atoms with Gasteiger partial charge in [0.05, 0.1) is 6.33 Å². The topological polar surface area (TPSA) is 61.0 Å². The van der Waals surface area contributed by atoms with E-state index in [9.17, 15) is 4.79 Å². The minimum absolute atomic E-state index is 0.222. The van der Waals surface area contributed by atoms with Crippen LogP contribution in [0.2, 0.25) is 5.02 Å². The van der Waals surface area contributed by atoms with E-state index in [2.05, 4.69) is 27.9 Å². The molecule has 1 aliphatic heterocycles. The molecule has 2 N–H and O–H groups in total. The second kappa shape index (κ2) is 4.22. The molecule has 1 aliphatic rings. The Morgan fingerprint density at radius 3 is 3.06 bits per heavy atom. The lowest BCUT2D eigenvalue weighted by Gasteiger charge is -2.33. The first-order valence-electron chi connectivity index (χ1n) is 5.24. The van der Waals surface area contributed by atoms with Crippen LogP contribution in [0.15, 0.2) is 30.6 Å². The summed E-state index contributed by atoms with van der Waals surface area (Å²) in [6.45, 7) is 0. The summed E-state index contributed by atoms with van der Waals surface area (Å²) in [7, 11) is 0. The number of H-pyrrole nitrogens is 1. The van der Waals surface area contributed by atoms with Gasteiger partial charge in [-0.25, -0.2) is 4.98 Å². The van der Waals surface area contributed by atoms with Crippen molar-refractivity contribution in [2.75, 3.05) is 4.90 Å². The normalized spacial score (nSPS) is 18.4. The lowest BCUT2D eigenvalue weighted by Crippen LogP contribution is -2.47. The average Bonchev–Trinajstić information content (AvgIpc) is 2.78. The summed E-state index contributed by atoms with van der Waals surface area (Å²) in [5.41, 5.74) is 0.753. The van der Waals surface area contributed by atoms with Crippen LogP contribution >= 0.6 is 24.2 Å². The number of imidazole rings is 1. The van der Waals surface area contributed by atoms with Crippen LogP contribution in [0.25, 0.3) is 0 Å². The summed E-state index contributed by atoms with van der Waals surface area (Å²) in [6.07, 6.45) is 1.48. The van der Waals surface area contributed by atoms with Crippen molar-refractivity contribution in [2.45, 2.75) is 5.50 Å². The van der Waals surface area contributed by atoms with Crippen molar-refractivity contribution in [1.29, 1.82) is 0 Å². The molecule has 3 rings (SSSR count). The van der Waals surface area contributed by atoms with Crippen LogP contribution < -0.4 is 10.2 Å². The van der Waals surface area contributed by atoms with Gasteiger partial charge >= 0.3 is 0 Å². The maximum atomic E-state index is 11.7. The Morgan fingerprint density at radius 2 is 2.28 bits per heavy atom. The summed E-state index contributed by atoms with van der Waals surface area (Å²) in [5.74, 6) is 0.321. The van der Waals surface area contributed by atoms with Gasteiger partial charge in [0.2, 0.25) is 0 Å². The number of nitrogens with zero attached hydrogens (tertiary/aromatic N) is 2. The van der Waals surface area contributed by atoms with Crippen molar-refractivity contribution in [3.05, 3.63) is 41.3 Å². The van der Waals surface area contributed by atoms with Crippen molar-refractivity contribution in [1.82, 2.24) is 15.3 Å². The maximum absolute atomic E-state index is 11.7. The van der Waals surface area contributed by atoms with E-state index in [0.717, 1.165) is 5.69 Å². The van der Waals surface area contributed by atoms with Gasteiger partial charge in [-0.15, -0.1) is 12.6 Å². The molecular weight excluding hydrogens is 272 g/mol. The smallest absolute Gasteiger partial charge is 0.273 e. The van der Waals surface area contributed by atoms with Gasteiger partial charge in [0, 0.05) is 10.7 Å². The number of aromatic amines is 1. The third-order valence-electron chi connectivity index (χ3n) is 2.67. The van der Waals surface area contributed by atoms with Gasteiger partial charge in [-0.05, 0) is 18.2 Å². The molecule has 92 valence electrons. The molecule has 5 nitrogen and oxygen atoms in total. The predicted octanol–water partition coefficient (Wildman–Crippen LogP) is 2.16. The second-order valence-corrected chi connectivity index (χ2v) is 4.72. The molecule has 0 bridgehead atoms. The Kier molecular flexibility index (Phi) is 2.68. The van der Waals surface area contributed by atoms with Crippen LogP contribution in [-0.4, -0.2) is 21.4 Å². The molecule has 18 heavy (non-hydrogen) atoms. The average molecular weight is 281 g/mol. The van der Waals surface area contributed by atoms with Crippen LogP contribution in [0.5, 0.6) is 0 Å². The van der Waals surface area contributed by atoms with E-state index in [4.69, 9.17) is 11.6 Å². The van der Waals surface area contributed by atoms with Crippen LogP contribution in [0.3, 0.4) is 0 Å². The first-order valence-corrected chi connectivity index (χ1v) is 6.13. The number of halogens is 1. The van der Waals surface area contributed by atoms with Crippen LogP contribution in [0.1, 0.15) is 10.5 Å². The fraction of sp³-hybridized carbons (Fsp3) is 0.0909. The van der Waals surface area contributed by atoms with Gasteiger partial charge in [0.1, 0.15) is 5.69 Å². The molecule has 0 saturated carbocycles. The van der Waals surface area contributed by atoms with Crippen LogP contribution in [0.4, 0.5) is 11.5 Å². The summed E-state index contributed by atoms with van der Waals surface area (Å²) in [5, 5.41) is 3.34.